The van der Waals surface area contributed by atoms with Gasteiger partial charge in [0.2, 0.25) is 5.91 Å². The molecule has 1 unspecified atom stereocenters. The number of amides is 1. The fraction of sp³-hybridized carbons (Fsp3) is 0.208. The largest absolute Gasteiger partial charge is 0.497 e. The summed E-state index contributed by atoms with van der Waals surface area (Å²) in [6.45, 7) is 2.08. The summed E-state index contributed by atoms with van der Waals surface area (Å²) in [6, 6.07) is 27.7. The summed E-state index contributed by atoms with van der Waals surface area (Å²) in [5.74, 6) is 0.487. The average molecular weight is 359 g/mol. The van der Waals surface area contributed by atoms with E-state index < -0.39 is 0 Å². The van der Waals surface area contributed by atoms with Gasteiger partial charge in [0.15, 0.2) is 0 Å². The van der Waals surface area contributed by atoms with Crippen molar-refractivity contribution in [1.29, 1.82) is 0 Å². The molecular weight excluding hydrogens is 334 g/mol. The number of benzene rings is 3. The van der Waals surface area contributed by atoms with Gasteiger partial charge in [0.1, 0.15) is 5.75 Å². The lowest BCUT2D eigenvalue weighted by Gasteiger charge is -2.23. The van der Waals surface area contributed by atoms with Crippen LogP contribution in [-0.2, 0) is 4.79 Å². The first kappa shape index (κ1) is 18.7. The summed E-state index contributed by atoms with van der Waals surface area (Å²) in [5.41, 5.74) is 3.06. The van der Waals surface area contributed by atoms with Gasteiger partial charge in [0.05, 0.1) is 19.1 Å². The molecular formula is C24H25NO2. The van der Waals surface area contributed by atoms with E-state index in [0.717, 1.165) is 28.9 Å². The number of methoxy groups -OCH3 is 1. The minimum Gasteiger partial charge on any atom is -0.497 e. The van der Waals surface area contributed by atoms with E-state index in [1.54, 1.807) is 7.11 Å². The van der Waals surface area contributed by atoms with Crippen LogP contribution >= 0.6 is 0 Å². The topological polar surface area (TPSA) is 38.3 Å². The van der Waals surface area contributed by atoms with Crippen molar-refractivity contribution in [2.24, 2.45) is 0 Å². The van der Waals surface area contributed by atoms with Gasteiger partial charge in [-0.05, 0) is 35.2 Å². The van der Waals surface area contributed by atoms with Gasteiger partial charge < -0.3 is 10.1 Å². The molecule has 1 atom stereocenters. The van der Waals surface area contributed by atoms with Crippen molar-refractivity contribution in [3.05, 3.63) is 102 Å². The summed E-state index contributed by atoms with van der Waals surface area (Å²) in [5, 5.41) is 3.24. The van der Waals surface area contributed by atoms with E-state index >= 15 is 0 Å². The zero-order valence-corrected chi connectivity index (χ0v) is 15.8. The van der Waals surface area contributed by atoms with Gasteiger partial charge in [-0.2, -0.15) is 0 Å². The smallest absolute Gasteiger partial charge is 0.232 e. The highest BCUT2D eigenvalue weighted by molar-refractivity contribution is 5.87. The number of nitrogens with one attached hydrogen (secondary N) is 1. The molecule has 0 radical (unpaired) electrons. The molecule has 0 aliphatic carbocycles. The predicted octanol–water partition coefficient (Wildman–Crippen LogP) is 5.09. The molecule has 0 fully saturated rings. The lowest BCUT2D eigenvalue weighted by Crippen LogP contribution is -2.33. The molecule has 3 nitrogen and oxygen atoms in total. The first-order valence-corrected chi connectivity index (χ1v) is 9.27. The molecule has 1 amide bonds. The molecule has 0 aliphatic heterocycles. The van der Waals surface area contributed by atoms with Crippen LogP contribution in [0.2, 0.25) is 0 Å². The van der Waals surface area contributed by atoms with Crippen LogP contribution in [0.5, 0.6) is 5.75 Å². The molecule has 27 heavy (non-hydrogen) atoms. The van der Waals surface area contributed by atoms with Gasteiger partial charge in [0, 0.05) is 0 Å². The van der Waals surface area contributed by atoms with Crippen LogP contribution in [0.3, 0.4) is 0 Å². The van der Waals surface area contributed by atoms with Crippen LogP contribution < -0.4 is 10.1 Å². The Labute approximate surface area is 161 Å². The van der Waals surface area contributed by atoms with Gasteiger partial charge in [0.25, 0.3) is 0 Å². The molecule has 138 valence electrons. The first-order valence-electron chi connectivity index (χ1n) is 9.27. The van der Waals surface area contributed by atoms with Crippen molar-refractivity contribution in [3.8, 4) is 5.75 Å². The third-order valence-corrected chi connectivity index (χ3v) is 4.77. The number of hydrogen-bond acceptors (Lipinski definition) is 2. The van der Waals surface area contributed by atoms with Crippen LogP contribution in [0.1, 0.15) is 42.0 Å². The molecule has 0 bridgehead atoms. The highest BCUT2D eigenvalue weighted by atomic mass is 16.5. The zero-order valence-electron chi connectivity index (χ0n) is 15.8. The lowest BCUT2D eigenvalue weighted by atomic mass is 9.90. The summed E-state index contributed by atoms with van der Waals surface area (Å²) in [7, 11) is 1.65. The van der Waals surface area contributed by atoms with Crippen LogP contribution in [-0.4, -0.2) is 13.0 Å². The lowest BCUT2D eigenvalue weighted by molar-refractivity contribution is -0.122. The van der Waals surface area contributed by atoms with Gasteiger partial charge in [-0.1, -0.05) is 79.7 Å². The fourth-order valence-corrected chi connectivity index (χ4v) is 3.30. The van der Waals surface area contributed by atoms with E-state index in [0.29, 0.717) is 0 Å². The van der Waals surface area contributed by atoms with Gasteiger partial charge in [-0.3, -0.25) is 4.79 Å². The number of hydrogen-bond donors (Lipinski definition) is 1. The molecule has 0 saturated carbocycles. The second-order valence-corrected chi connectivity index (χ2v) is 6.50. The quantitative estimate of drug-likeness (QED) is 0.638. The average Bonchev–Trinajstić information content (AvgIpc) is 2.74. The number of carbonyl (C=O) groups excluding carboxylic acids is 1. The minimum absolute atomic E-state index is 0.00932. The number of carbonyl (C=O) groups is 1. The number of rotatable bonds is 7. The SMILES string of the molecule is CCC(NC(=O)C(c1ccccc1)c1ccccc1)c1ccc(OC)cc1. The molecule has 0 spiro atoms. The Balaban J connectivity index is 1.87. The predicted molar refractivity (Wildman–Crippen MR) is 109 cm³/mol. The van der Waals surface area contributed by atoms with Gasteiger partial charge >= 0.3 is 0 Å². The molecule has 3 aromatic rings. The molecule has 1 N–H and O–H groups in total. The molecule has 0 aliphatic rings. The summed E-state index contributed by atoms with van der Waals surface area (Å²) < 4.78 is 5.23. The van der Waals surface area contributed by atoms with E-state index in [1.807, 2.05) is 84.9 Å². The Bertz CT molecular complexity index is 805. The Morgan fingerprint density at radius 3 is 1.78 bits per heavy atom. The maximum atomic E-state index is 13.3. The van der Waals surface area contributed by atoms with Crippen molar-refractivity contribution in [3.63, 3.8) is 0 Å². The molecule has 0 heterocycles. The van der Waals surface area contributed by atoms with E-state index in [2.05, 4.69) is 12.2 Å². The molecule has 3 aromatic carbocycles. The Morgan fingerprint density at radius 1 is 0.815 bits per heavy atom. The minimum atomic E-state index is -0.334. The highest BCUT2D eigenvalue weighted by Crippen LogP contribution is 2.27. The van der Waals surface area contributed by atoms with E-state index in [9.17, 15) is 4.79 Å². The number of ether oxygens (including phenoxy) is 1. The van der Waals surface area contributed by atoms with E-state index in [1.165, 1.54) is 0 Å². The summed E-state index contributed by atoms with van der Waals surface area (Å²) >= 11 is 0. The Morgan fingerprint density at radius 2 is 1.33 bits per heavy atom. The van der Waals surface area contributed by atoms with Gasteiger partial charge in [-0.15, -0.1) is 0 Å². The highest BCUT2D eigenvalue weighted by Gasteiger charge is 2.24. The van der Waals surface area contributed by atoms with Crippen molar-refractivity contribution in [2.75, 3.05) is 7.11 Å². The molecule has 0 aromatic heterocycles. The molecule has 3 heteroatoms. The van der Waals surface area contributed by atoms with Crippen molar-refractivity contribution in [1.82, 2.24) is 5.32 Å². The first-order chi connectivity index (χ1) is 13.2. The van der Waals surface area contributed by atoms with Crippen molar-refractivity contribution >= 4 is 5.91 Å². The summed E-state index contributed by atoms with van der Waals surface area (Å²) in [4.78, 5) is 13.3. The normalized spacial score (nSPS) is 11.8. The fourth-order valence-electron chi connectivity index (χ4n) is 3.30. The second kappa shape index (κ2) is 9.04. The van der Waals surface area contributed by atoms with Crippen molar-refractivity contribution < 1.29 is 9.53 Å². The standard InChI is InChI=1S/C24H25NO2/c1-3-22(18-14-16-21(27-2)17-15-18)25-24(26)23(19-10-6-4-7-11-19)20-12-8-5-9-13-20/h4-17,22-23H,3H2,1-2H3,(H,25,26). The van der Waals surface area contributed by atoms with Crippen LogP contribution in [0.4, 0.5) is 0 Å². The second-order valence-electron chi connectivity index (χ2n) is 6.50. The van der Waals surface area contributed by atoms with Crippen LogP contribution in [0.25, 0.3) is 0 Å². The third-order valence-electron chi connectivity index (χ3n) is 4.77. The molecule has 0 saturated heterocycles. The van der Waals surface area contributed by atoms with E-state index in [4.69, 9.17) is 4.74 Å². The Hall–Kier alpha value is -3.07. The maximum absolute atomic E-state index is 13.3. The molecule has 3 rings (SSSR count). The Kier molecular flexibility index (Phi) is 6.26. The van der Waals surface area contributed by atoms with Crippen LogP contribution in [0.15, 0.2) is 84.9 Å². The monoisotopic (exact) mass is 359 g/mol. The van der Waals surface area contributed by atoms with E-state index in [-0.39, 0.29) is 17.9 Å². The zero-order chi connectivity index (χ0) is 19.1. The maximum Gasteiger partial charge on any atom is 0.232 e. The summed E-state index contributed by atoms with van der Waals surface area (Å²) in [6.07, 6.45) is 0.814. The third kappa shape index (κ3) is 4.56. The van der Waals surface area contributed by atoms with Gasteiger partial charge in [-0.25, -0.2) is 0 Å². The van der Waals surface area contributed by atoms with Crippen LogP contribution in [0, 0.1) is 0 Å². The van der Waals surface area contributed by atoms with Crippen molar-refractivity contribution in [2.45, 2.75) is 25.3 Å².